The lowest BCUT2D eigenvalue weighted by atomic mass is 10.2. The molecule has 2 aromatic heterocycles. The van der Waals surface area contributed by atoms with Gasteiger partial charge < -0.3 is 9.87 Å². The van der Waals surface area contributed by atoms with Crippen molar-refractivity contribution in [2.24, 2.45) is 0 Å². The normalized spacial score (nSPS) is 11.8. The van der Waals surface area contributed by atoms with Gasteiger partial charge in [0.15, 0.2) is 5.69 Å². The molecule has 1 amide bonds. The molecule has 0 radical (unpaired) electrons. The van der Waals surface area contributed by atoms with E-state index in [1.54, 1.807) is 24.3 Å². The Kier molecular flexibility index (Phi) is 5.61. The molecular formula is C16H16ClN3O4S2. The number of hydrogen-bond acceptors (Lipinski definition) is 5. The zero-order chi connectivity index (χ0) is 18.7. The summed E-state index contributed by atoms with van der Waals surface area (Å²) in [6.45, 7) is 0.657. The minimum absolute atomic E-state index is 0.214. The van der Waals surface area contributed by atoms with Gasteiger partial charge in [-0.1, -0.05) is 22.9 Å². The molecule has 1 aromatic carbocycles. The van der Waals surface area contributed by atoms with Gasteiger partial charge in [0, 0.05) is 21.7 Å². The second-order valence-electron chi connectivity index (χ2n) is 5.67. The summed E-state index contributed by atoms with van der Waals surface area (Å²) < 4.78 is 36.3. The van der Waals surface area contributed by atoms with E-state index in [1.807, 2.05) is 26.7 Å². The molecule has 0 spiro atoms. The zero-order valence-electron chi connectivity index (χ0n) is 13.6. The van der Waals surface area contributed by atoms with Crippen LogP contribution in [0.5, 0.6) is 0 Å². The standard InChI is InChI=1S/C16H16ClN3O4S2/c17-13-4-2-12(3-5-13)15(21)18-10-14-11-19-7-8-25-16(19)20(14)6-1-9-26(22,23)24/h2-5,7-8,11H,1,6,9-10H2,(H-,18,21,22,23,24). The van der Waals surface area contributed by atoms with Gasteiger partial charge in [-0.05, 0) is 30.7 Å². The molecule has 0 saturated carbocycles. The predicted molar refractivity (Wildman–Crippen MR) is 97.3 cm³/mol. The van der Waals surface area contributed by atoms with E-state index >= 15 is 0 Å². The van der Waals surface area contributed by atoms with E-state index < -0.39 is 15.9 Å². The summed E-state index contributed by atoms with van der Waals surface area (Å²) in [6.07, 6.45) is 3.97. The van der Waals surface area contributed by atoms with Crippen LogP contribution in [0.25, 0.3) is 4.96 Å². The highest BCUT2D eigenvalue weighted by molar-refractivity contribution is 7.85. The first-order valence-electron chi connectivity index (χ1n) is 7.78. The highest BCUT2D eigenvalue weighted by atomic mass is 35.5. The highest BCUT2D eigenvalue weighted by Gasteiger charge is 2.19. The number of hydrogen-bond donors (Lipinski definition) is 1. The predicted octanol–water partition coefficient (Wildman–Crippen LogP) is 1.81. The van der Waals surface area contributed by atoms with Crippen LogP contribution in [0.2, 0.25) is 5.02 Å². The van der Waals surface area contributed by atoms with Crippen LogP contribution in [0.4, 0.5) is 0 Å². The van der Waals surface area contributed by atoms with E-state index in [4.69, 9.17) is 11.6 Å². The van der Waals surface area contributed by atoms with Crippen LogP contribution >= 0.6 is 22.9 Å². The van der Waals surface area contributed by atoms with Crippen molar-refractivity contribution in [3.63, 3.8) is 0 Å². The average molecular weight is 414 g/mol. The van der Waals surface area contributed by atoms with E-state index in [1.165, 1.54) is 11.3 Å². The van der Waals surface area contributed by atoms with Crippen LogP contribution in [0.3, 0.4) is 0 Å². The van der Waals surface area contributed by atoms with Crippen molar-refractivity contribution in [2.75, 3.05) is 5.75 Å². The monoisotopic (exact) mass is 413 g/mol. The van der Waals surface area contributed by atoms with Crippen molar-refractivity contribution in [3.8, 4) is 0 Å². The maximum absolute atomic E-state index is 12.3. The molecule has 0 unspecified atom stereocenters. The van der Waals surface area contributed by atoms with E-state index in [9.17, 15) is 17.8 Å². The first-order valence-corrected chi connectivity index (χ1v) is 10.6. The lowest BCUT2D eigenvalue weighted by molar-refractivity contribution is -0.506. The van der Waals surface area contributed by atoms with E-state index in [0.717, 1.165) is 10.7 Å². The van der Waals surface area contributed by atoms with Crippen molar-refractivity contribution in [3.05, 3.63) is 58.3 Å². The zero-order valence-corrected chi connectivity index (χ0v) is 16.0. The second-order valence-corrected chi connectivity index (χ2v) is 8.50. The van der Waals surface area contributed by atoms with E-state index in [0.29, 0.717) is 17.1 Å². The molecule has 3 rings (SSSR count). The Morgan fingerprint density at radius 2 is 2.04 bits per heavy atom. The number of carbonyl (C=O) groups excluding carboxylic acids is 1. The number of fused-ring (bicyclic) bond motifs is 1. The molecule has 0 fully saturated rings. The van der Waals surface area contributed by atoms with Gasteiger partial charge >= 0.3 is 4.96 Å². The Morgan fingerprint density at radius 1 is 1.31 bits per heavy atom. The summed E-state index contributed by atoms with van der Waals surface area (Å²) in [7, 11) is -4.24. The fourth-order valence-corrected chi connectivity index (χ4v) is 4.08. The SMILES string of the molecule is O=C(NCc1c[n+]2ccsc2n1CCCS(=O)(=O)[O-])c1ccc(Cl)cc1. The summed E-state index contributed by atoms with van der Waals surface area (Å²) in [4.78, 5) is 13.2. The maximum Gasteiger partial charge on any atom is 0.345 e. The minimum atomic E-state index is -4.24. The fraction of sp³-hybridized carbons (Fsp3) is 0.250. The van der Waals surface area contributed by atoms with Crippen LogP contribution < -0.4 is 9.72 Å². The summed E-state index contributed by atoms with van der Waals surface area (Å²) >= 11 is 7.32. The van der Waals surface area contributed by atoms with Crippen molar-refractivity contribution in [2.45, 2.75) is 19.5 Å². The quantitative estimate of drug-likeness (QED) is 0.472. The molecule has 138 valence electrons. The fourth-order valence-electron chi connectivity index (χ4n) is 2.59. The molecule has 0 bridgehead atoms. The third-order valence-electron chi connectivity index (χ3n) is 3.79. The third kappa shape index (κ3) is 4.61. The number of aromatic nitrogens is 2. The van der Waals surface area contributed by atoms with Crippen molar-refractivity contribution in [1.82, 2.24) is 9.88 Å². The van der Waals surface area contributed by atoms with Gasteiger partial charge in [0.1, 0.15) is 12.4 Å². The highest BCUT2D eigenvalue weighted by Crippen LogP contribution is 2.13. The van der Waals surface area contributed by atoms with Crippen molar-refractivity contribution >= 4 is 43.9 Å². The van der Waals surface area contributed by atoms with E-state index in [-0.39, 0.29) is 18.9 Å². The largest absolute Gasteiger partial charge is 0.748 e. The topological polar surface area (TPSA) is 95.3 Å². The molecule has 26 heavy (non-hydrogen) atoms. The van der Waals surface area contributed by atoms with Crippen LogP contribution in [-0.2, 0) is 23.2 Å². The Hall–Kier alpha value is -1.94. The van der Waals surface area contributed by atoms with Gasteiger partial charge in [-0.3, -0.25) is 4.79 Å². The number of nitrogens with zero attached hydrogens (tertiary/aromatic N) is 2. The van der Waals surface area contributed by atoms with Crippen LogP contribution in [0.1, 0.15) is 22.5 Å². The number of thiazole rings is 1. The van der Waals surface area contributed by atoms with Crippen LogP contribution in [0.15, 0.2) is 42.0 Å². The molecule has 2 heterocycles. The second kappa shape index (κ2) is 7.75. The number of nitrogens with one attached hydrogen (secondary N) is 1. The average Bonchev–Trinajstić information content (AvgIpc) is 3.14. The lowest BCUT2D eigenvalue weighted by Crippen LogP contribution is -2.24. The van der Waals surface area contributed by atoms with Gasteiger partial charge in [-0.2, -0.15) is 4.40 Å². The molecule has 10 heteroatoms. The molecule has 0 saturated heterocycles. The van der Waals surface area contributed by atoms with Gasteiger partial charge in [-0.25, -0.2) is 13.0 Å². The van der Waals surface area contributed by atoms with Crippen molar-refractivity contribution < 1.29 is 22.2 Å². The Balaban J connectivity index is 1.72. The number of rotatable bonds is 7. The molecule has 0 aliphatic carbocycles. The smallest absolute Gasteiger partial charge is 0.345 e. The molecule has 7 nitrogen and oxygen atoms in total. The molecule has 3 aromatic rings. The van der Waals surface area contributed by atoms with Crippen LogP contribution in [0, 0.1) is 0 Å². The molecule has 1 N–H and O–H groups in total. The summed E-state index contributed by atoms with van der Waals surface area (Å²) in [6, 6.07) is 6.58. The molecule has 0 aliphatic heterocycles. The number of benzene rings is 1. The van der Waals surface area contributed by atoms with Gasteiger partial charge in [0.2, 0.25) is 0 Å². The maximum atomic E-state index is 12.3. The third-order valence-corrected chi connectivity index (χ3v) is 5.73. The summed E-state index contributed by atoms with van der Waals surface area (Å²) in [5.74, 6) is -0.649. The number of aryl methyl sites for hydroxylation is 1. The van der Waals surface area contributed by atoms with Crippen molar-refractivity contribution in [1.29, 1.82) is 0 Å². The summed E-state index contributed by atoms with van der Waals surface area (Å²) in [5.41, 5.74) is 1.32. The first kappa shape index (κ1) is 18.8. The lowest BCUT2D eigenvalue weighted by Gasteiger charge is -2.07. The Labute approximate surface area is 159 Å². The Bertz CT molecular complexity index is 1030. The molecular weight excluding hydrogens is 398 g/mol. The Morgan fingerprint density at radius 3 is 2.73 bits per heavy atom. The van der Waals surface area contributed by atoms with Gasteiger partial charge in [0.05, 0.1) is 23.2 Å². The van der Waals surface area contributed by atoms with Gasteiger partial charge in [-0.15, -0.1) is 0 Å². The molecule has 0 aliphatic rings. The number of amides is 1. The number of carbonyl (C=O) groups is 1. The number of halogens is 1. The number of imidazole rings is 1. The van der Waals surface area contributed by atoms with Gasteiger partial charge in [0.25, 0.3) is 5.91 Å². The minimum Gasteiger partial charge on any atom is -0.748 e. The van der Waals surface area contributed by atoms with Crippen LogP contribution in [-0.4, -0.2) is 29.2 Å². The molecule has 0 atom stereocenters. The summed E-state index contributed by atoms with van der Waals surface area (Å²) in [5, 5.41) is 5.31. The van der Waals surface area contributed by atoms with E-state index in [2.05, 4.69) is 5.32 Å². The first-order chi connectivity index (χ1) is 12.3.